The van der Waals surface area contributed by atoms with Crippen molar-refractivity contribution in [2.24, 2.45) is 0 Å². The molecule has 0 aromatic heterocycles. The molecule has 0 saturated carbocycles. The van der Waals surface area contributed by atoms with Gasteiger partial charge < -0.3 is 18.8 Å². The smallest absolute Gasteiger partial charge is 0.526 e. The lowest BCUT2D eigenvalue weighted by Gasteiger charge is -2.08. The van der Waals surface area contributed by atoms with Gasteiger partial charge in [0.25, 0.3) is 0 Å². The predicted molar refractivity (Wildman–Crippen MR) is 81.9 cm³/mol. The van der Waals surface area contributed by atoms with Crippen LogP contribution < -0.4 is 18.8 Å². The molecule has 0 saturated heterocycles. The Labute approximate surface area is 149 Å². The van der Waals surface area contributed by atoms with Gasteiger partial charge in [0, 0.05) is 0 Å². The molecule has 0 unspecified atom stereocenters. The van der Waals surface area contributed by atoms with Crippen molar-refractivity contribution in [3.8, 4) is 23.0 Å². The number of hydrogen-bond acceptors (Lipinski definition) is 4. The molecule has 2 aromatic rings. The first-order valence-corrected chi connectivity index (χ1v) is 6.97. The van der Waals surface area contributed by atoms with E-state index in [4.69, 9.17) is 9.31 Å². The maximum Gasteiger partial charge on any atom is 0.658 e. The molecule has 0 N–H and O–H groups in total. The molecule has 2 rings (SSSR count). The highest BCUT2D eigenvalue weighted by atomic mass is 19.3. The number of halogens is 6. The molecule has 0 bridgehead atoms. The highest BCUT2D eigenvalue weighted by Gasteiger charge is 2.09. The minimum atomic E-state index is -2.58. The van der Waals surface area contributed by atoms with E-state index in [9.17, 15) is 26.3 Å². The number of ether oxygens (including phenoxy) is 2. The van der Waals surface area contributed by atoms with E-state index in [0.717, 1.165) is 7.69 Å². The Hall–Kier alpha value is -3.24. The van der Waals surface area contributed by atoms with Gasteiger partial charge in [0.2, 0.25) is 0 Å². The summed E-state index contributed by atoms with van der Waals surface area (Å²) in [4.78, 5) is 0. The second-order valence-corrected chi connectivity index (χ2v) is 4.55. The minimum absolute atomic E-state index is 0.171. The van der Waals surface area contributed by atoms with Crippen LogP contribution in [0.4, 0.5) is 26.3 Å². The average molecular weight is 389 g/mol. The molecule has 0 fully saturated rings. The van der Waals surface area contributed by atoms with Crippen molar-refractivity contribution in [2.75, 3.05) is 0 Å². The van der Waals surface area contributed by atoms with Crippen LogP contribution in [0.5, 0.6) is 23.0 Å². The van der Waals surface area contributed by atoms with E-state index in [1.807, 2.05) is 0 Å². The molecule has 0 aliphatic rings. The predicted octanol–water partition coefficient (Wildman–Crippen LogP) is 5.51. The zero-order chi connectivity index (χ0) is 19.8. The van der Waals surface area contributed by atoms with Crippen LogP contribution in [0.2, 0.25) is 0 Å². The third-order valence-corrected chi connectivity index (χ3v) is 2.73. The normalized spacial score (nSPS) is 9.85. The second-order valence-electron chi connectivity index (χ2n) is 4.55. The molecule has 11 heteroatoms. The van der Waals surface area contributed by atoms with E-state index in [2.05, 4.69) is 9.47 Å². The summed E-state index contributed by atoms with van der Waals surface area (Å²) in [6.07, 6.45) is -5.16. The fourth-order valence-electron chi connectivity index (χ4n) is 1.59. The zero-order valence-electron chi connectivity index (χ0n) is 13.1. The number of rotatable bonds is 8. The van der Waals surface area contributed by atoms with Crippen LogP contribution in [0.15, 0.2) is 72.7 Å². The van der Waals surface area contributed by atoms with Gasteiger partial charge in [-0.2, -0.15) is 26.3 Å². The van der Waals surface area contributed by atoms with Crippen LogP contribution in [0.25, 0.3) is 0 Å². The maximum atomic E-state index is 12.6. The van der Waals surface area contributed by atoms with E-state index in [1.54, 1.807) is 0 Å². The standard InChI is InChI=1S/C16H8BF6O4/c18-13(19)15(22)24-9-1-5-11(6-2-9)26-17-27-12-7-3-10(4-8-12)25-16(23)14(20)21/h1-8H. The van der Waals surface area contributed by atoms with Gasteiger partial charge in [-0.3, -0.25) is 0 Å². The quantitative estimate of drug-likeness (QED) is 0.339. The van der Waals surface area contributed by atoms with Gasteiger partial charge in [-0.15, -0.1) is 0 Å². The monoisotopic (exact) mass is 389 g/mol. The molecule has 2 aromatic carbocycles. The van der Waals surface area contributed by atoms with Gasteiger partial charge in [0.1, 0.15) is 23.0 Å². The van der Waals surface area contributed by atoms with Crippen molar-refractivity contribution in [1.29, 1.82) is 0 Å². The van der Waals surface area contributed by atoms with E-state index in [1.165, 1.54) is 48.5 Å². The van der Waals surface area contributed by atoms with E-state index < -0.39 is 24.2 Å². The Balaban J connectivity index is 1.82. The Morgan fingerprint density at radius 3 is 1.11 bits per heavy atom. The Bertz CT molecular complexity index is 746. The fraction of sp³-hybridized carbons (Fsp3) is 0. The highest BCUT2D eigenvalue weighted by Crippen LogP contribution is 2.23. The van der Waals surface area contributed by atoms with Crippen LogP contribution in [0.3, 0.4) is 0 Å². The molecule has 0 atom stereocenters. The summed E-state index contributed by atoms with van der Waals surface area (Å²) in [7, 11) is 0.912. The number of hydrogen-bond donors (Lipinski definition) is 0. The minimum Gasteiger partial charge on any atom is -0.526 e. The molecule has 0 spiro atoms. The molecule has 0 heterocycles. The molecule has 0 aliphatic carbocycles. The molecule has 27 heavy (non-hydrogen) atoms. The first-order valence-electron chi connectivity index (χ1n) is 6.97. The molecular formula is C16H8BF6O4. The van der Waals surface area contributed by atoms with Crippen molar-refractivity contribution in [3.05, 3.63) is 72.7 Å². The summed E-state index contributed by atoms with van der Waals surface area (Å²) in [5.41, 5.74) is 0. The maximum absolute atomic E-state index is 12.6. The van der Waals surface area contributed by atoms with E-state index >= 15 is 0 Å². The van der Waals surface area contributed by atoms with Crippen molar-refractivity contribution < 1.29 is 45.1 Å². The third kappa shape index (κ3) is 6.53. The van der Waals surface area contributed by atoms with Crippen LogP contribution >= 0.6 is 0 Å². The first-order chi connectivity index (χ1) is 12.8. The topological polar surface area (TPSA) is 36.9 Å². The lowest BCUT2D eigenvalue weighted by atomic mass is 10.3. The van der Waals surface area contributed by atoms with Gasteiger partial charge in [-0.1, -0.05) is 0 Å². The van der Waals surface area contributed by atoms with Crippen molar-refractivity contribution in [2.45, 2.75) is 0 Å². The summed E-state index contributed by atoms with van der Waals surface area (Å²) in [5, 5.41) is 0. The van der Waals surface area contributed by atoms with Gasteiger partial charge in [0.05, 0.1) is 0 Å². The second kappa shape index (κ2) is 9.46. The zero-order valence-corrected chi connectivity index (χ0v) is 13.1. The largest absolute Gasteiger partial charge is 0.658 e. The fourth-order valence-corrected chi connectivity index (χ4v) is 1.59. The third-order valence-electron chi connectivity index (χ3n) is 2.73. The van der Waals surface area contributed by atoms with E-state index in [0.29, 0.717) is 0 Å². The Morgan fingerprint density at radius 1 is 0.519 bits per heavy atom. The van der Waals surface area contributed by atoms with Crippen molar-refractivity contribution >= 4 is 7.69 Å². The molecule has 1 radical (unpaired) electrons. The molecule has 0 aliphatic heterocycles. The summed E-state index contributed by atoms with van der Waals surface area (Å²) in [6, 6.07) is 5.94. The lowest BCUT2D eigenvalue weighted by Crippen LogP contribution is -2.10. The Kier molecular flexibility index (Phi) is 7.04. The van der Waals surface area contributed by atoms with Crippen LogP contribution in [-0.2, 0) is 0 Å². The molecule has 4 nitrogen and oxygen atoms in total. The Morgan fingerprint density at radius 2 is 0.815 bits per heavy atom. The van der Waals surface area contributed by atoms with Crippen molar-refractivity contribution in [3.63, 3.8) is 0 Å². The summed E-state index contributed by atoms with van der Waals surface area (Å²) >= 11 is 0. The van der Waals surface area contributed by atoms with Crippen molar-refractivity contribution in [1.82, 2.24) is 0 Å². The molecule has 141 valence electrons. The molecular weight excluding hydrogens is 381 g/mol. The highest BCUT2D eigenvalue weighted by molar-refractivity contribution is 6.20. The first kappa shape index (κ1) is 20.1. The summed E-state index contributed by atoms with van der Waals surface area (Å²) < 4.78 is 91.5. The summed E-state index contributed by atoms with van der Waals surface area (Å²) in [6.45, 7) is 0. The number of benzene rings is 2. The molecule has 0 amide bonds. The van der Waals surface area contributed by atoms with Gasteiger partial charge in [-0.25, -0.2) is 0 Å². The lowest BCUT2D eigenvalue weighted by molar-refractivity contribution is 0.241. The van der Waals surface area contributed by atoms with Crippen LogP contribution in [0.1, 0.15) is 0 Å². The van der Waals surface area contributed by atoms with Gasteiger partial charge in [0.15, 0.2) is 0 Å². The summed E-state index contributed by atoms with van der Waals surface area (Å²) in [5.74, 6) is 0.0985. The van der Waals surface area contributed by atoms with Gasteiger partial charge in [-0.05, 0) is 48.5 Å². The average Bonchev–Trinajstić information content (AvgIpc) is 2.64. The van der Waals surface area contributed by atoms with Gasteiger partial charge >= 0.3 is 31.9 Å². The van der Waals surface area contributed by atoms with Crippen LogP contribution in [0, 0.1) is 0 Å². The SMILES string of the molecule is FC(F)=C(F)Oc1ccc(O[B]Oc2ccc(OC(F)=C(F)F)cc2)cc1. The van der Waals surface area contributed by atoms with Crippen LogP contribution in [-0.4, -0.2) is 7.69 Å². The van der Waals surface area contributed by atoms with E-state index in [-0.39, 0.29) is 23.0 Å².